The number of carbonyl (C=O) groups excluding carboxylic acids is 1. The fourth-order valence-corrected chi connectivity index (χ4v) is 2.04. The number of nitrogens with one attached hydrogen (secondary N) is 1. The molecule has 0 aliphatic carbocycles. The molecule has 1 aromatic carbocycles. The van der Waals surface area contributed by atoms with Crippen molar-refractivity contribution in [2.45, 2.75) is 33.8 Å². The molecule has 0 radical (unpaired) electrons. The fraction of sp³-hybridized carbons (Fsp3) is 0.294. The zero-order valence-corrected chi connectivity index (χ0v) is 12.8. The zero-order valence-electron chi connectivity index (χ0n) is 12.8. The summed E-state index contributed by atoms with van der Waals surface area (Å²) < 4.78 is 5.70. The second-order valence-electron chi connectivity index (χ2n) is 5.20. The first-order chi connectivity index (χ1) is 9.97. The molecule has 1 heterocycles. The van der Waals surface area contributed by atoms with E-state index in [1.54, 1.807) is 6.07 Å². The van der Waals surface area contributed by atoms with Crippen molar-refractivity contribution in [3.8, 4) is 5.75 Å². The van der Waals surface area contributed by atoms with Gasteiger partial charge in [0.05, 0.1) is 23.0 Å². The summed E-state index contributed by atoms with van der Waals surface area (Å²) in [6, 6.07) is 11.0. The van der Waals surface area contributed by atoms with Crippen molar-refractivity contribution in [3.63, 3.8) is 0 Å². The van der Waals surface area contributed by atoms with Gasteiger partial charge in [0.25, 0.3) is 5.91 Å². The van der Waals surface area contributed by atoms with Crippen molar-refractivity contribution in [2.75, 3.05) is 5.32 Å². The van der Waals surface area contributed by atoms with E-state index in [1.807, 2.05) is 58.0 Å². The number of anilines is 1. The van der Waals surface area contributed by atoms with E-state index in [9.17, 15) is 4.79 Å². The van der Waals surface area contributed by atoms with E-state index < -0.39 is 0 Å². The van der Waals surface area contributed by atoms with Crippen LogP contribution < -0.4 is 10.1 Å². The molecule has 0 saturated carbocycles. The maximum Gasteiger partial charge on any atom is 0.257 e. The van der Waals surface area contributed by atoms with Gasteiger partial charge in [-0.3, -0.25) is 9.78 Å². The third kappa shape index (κ3) is 3.81. The van der Waals surface area contributed by atoms with Gasteiger partial charge in [0.2, 0.25) is 0 Å². The Kier molecular flexibility index (Phi) is 4.58. The molecule has 0 aliphatic heterocycles. The topological polar surface area (TPSA) is 51.2 Å². The van der Waals surface area contributed by atoms with Gasteiger partial charge in [-0.05, 0) is 52.0 Å². The van der Waals surface area contributed by atoms with Crippen LogP contribution in [0.15, 0.2) is 36.4 Å². The van der Waals surface area contributed by atoms with Gasteiger partial charge >= 0.3 is 0 Å². The van der Waals surface area contributed by atoms with E-state index in [0.29, 0.717) is 17.0 Å². The van der Waals surface area contributed by atoms with Crippen molar-refractivity contribution >= 4 is 11.6 Å². The minimum atomic E-state index is -0.181. The van der Waals surface area contributed by atoms with E-state index >= 15 is 0 Å². The van der Waals surface area contributed by atoms with Crippen LogP contribution in [0.25, 0.3) is 0 Å². The number of rotatable bonds is 4. The fourth-order valence-electron chi connectivity index (χ4n) is 2.04. The first-order valence-corrected chi connectivity index (χ1v) is 6.98. The molecule has 4 nitrogen and oxygen atoms in total. The van der Waals surface area contributed by atoms with Crippen LogP contribution in [0.5, 0.6) is 5.75 Å². The monoisotopic (exact) mass is 284 g/mol. The number of amides is 1. The largest absolute Gasteiger partial charge is 0.489 e. The molecule has 1 amide bonds. The van der Waals surface area contributed by atoms with Gasteiger partial charge in [-0.25, -0.2) is 0 Å². The summed E-state index contributed by atoms with van der Waals surface area (Å²) in [4.78, 5) is 16.7. The molecule has 4 heteroatoms. The Labute approximate surface area is 125 Å². The Morgan fingerprint density at radius 3 is 2.52 bits per heavy atom. The highest BCUT2D eigenvalue weighted by Crippen LogP contribution is 2.25. The van der Waals surface area contributed by atoms with E-state index in [1.165, 1.54) is 0 Å². The van der Waals surface area contributed by atoms with Crippen LogP contribution in [-0.2, 0) is 0 Å². The van der Waals surface area contributed by atoms with Crippen LogP contribution in [0.3, 0.4) is 0 Å². The standard InChI is InChI=1S/C17H20N2O2/c1-11(2)21-16-8-6-5-7-15(16)19-17(20)14-10-9-12(3)18-13(14)4/h5-11H,1-4H3,(H,19,20). The number of hydrogen-bond acceptors (Lipinski definition) is 3. The lowest BCUT2D eigenvalue weighted by Gasteiger charge is -2.15. The van der Waals surface area contributed by atoms with Gasteiger partial charge in [-0.2, -0.15) is 0 Å². The molecule has 110 valence electrons. The summed E-state index contributed by atoms with van der Waals surface area (Å²) >= 11 is 0. The van der Waals surface area contributed by atoms with Crippen LogP contribution in [0.4, 0.5) is 5.69 Å². The summed E-state index contributed by atoms with van der Waals surface area (Å²) in [5.74, 6) is 0.485. The third-order valence-electron chi connectivity index (χ3n) is 2.97. The molecule has 2 rings (SSSR count). The Hall–Kier alpha value is -2.36. The molecule has 0 aliphatic rings. The van der Waals surface area contributed by atoms with Crippen molar-refractivity contribution in [3.05, 3.63) is 53.3 Å². The molecule has 0 spiro atoms. The summed E-state index contributed by atoms with van der Waals surface area (Å²) in [6.45, 7) is 7.64. The molecule has 0 bridgehead atoms. The lowest BCUT2D eigenvalue weighted by atomic mass is 10.1. The average Bonchev–Trinajstić information content (AvgIpc) is 2.40. The highest BCUT2D eigenvalue weighted by molar-refractivity contribution is 6.05. The van der Waals surface area contributed by atoms with E-state index in [-0.39, 0.29) is 12.0 Å². The Bertz CT molecular complexity index is 651. The number of ether oxygens (including phenoxy) is 1. The highest BCUT2D eigenvalue weighted by atomic mass is 16.5. The Balaban J connectivity index is 2.23. The van der Waals surface area contributed by atoms with E-state index in [4.69, 9.17) is 4.74 Å². The molecular weight excluding hydrogens is 264 g/mol. The number of benzene rings is 1. The lowest BCUT2D eigenvalue weighted by Crippen LogP contribution is -2.16. The molecule has 2 aromatic rings. The van der Waals surface area contributed by atoms with Gasteiger partial charge < -0.3 is 10.1 Å². The molecule has 1 N–H and O–H groups in total. The summed E-state index contributed by atoms with van der Waals surface area (Å²) in [5, 5.41) is 2.89. The minimum absolute atomic E-state index is 0.0471. The molecule has 0 unspecified atom stereocenters. The number of nitrogens with zero attached hydrogens (tertiary/aromatic N) is 1. The normalized spacial score (nSPS) is 10.5. The molecule has 0 saturated heterocycles. The molecule has 21 heavy (non-hydrogen) atoms. The van der Waals surface area contributed by atoms with E-state index in [2.05, 4.69) is 10.3 Å². The average molecular weight is 284 g/mol. The SMILES string of the molecule is Cc1ccc(C(=O)Nc2ccccc2OC(C)C)c(C)n1. The van der Waals surface area contributed by atoms with Crippen LogP contribution >= 0.6 is 0 Å². The number of aromatic nitrogens is 1. The third-order valence-corrected chi connectivity index (χ3v) is 2.97. The van der Waals surface area contributed by atoms with Gasteiger partial charge in [0.15, 0.2) is 0 Å². The Morgan fingerprint density at radius 2 is 1.86 bits per heavy atom. The van der Waals surface area contributed by atoms with Gasteiger partial charge in [0.1, 0.15) is 5.75 Å². The predicted octanol–water partition coefficient (Wildman–Crippen LogP) is 3.74. The van der Waals surface area contributed by atoms with Crippen LogP contribution in [0, 0.1) is 13.8 Å². The minimum Gasteiger partial charge on any atom is -0.489 e. The van der Waals surface area contributed by atoms with Crippen molar-refractivity contribution < 1.29 is 9.53 Å². The molecule has 1 aromatic heterocycles. The second-order valence-corrected chi connectivity index (χ2v) is 5.20. The Morgan fingerprint density at radius 1 is 1.14 bits per heavy atom. The van der Waals surface area contributed by atoms with Gasteiger partial charge in [0, 0.05) is 5.69 Å². The summed E-state index contributed by atoms with van der Waals surface area (Å²) in [6.07, 6.45) is 0.0471. The number of hydrogen-bond donors (Lipinski definition) is 1. The molecule has 0 fully saturated rings. The van der Waals surface area contributed by atoms with Crippen molar-refractivity contribution in [2.24, 2.45) is 0 Å². The summed E-state index contributed by atoms with van der Waals surface area (Å²) in [7, 11) is 0. The first-order valence-electron chi connectivity index (χ1n) is 6.98. The van der Waals surface area contributed by atoms with Crippen LogP contribution in [-0.4, -0.2) is 17.0 Å². The van der Waals surface area contributed by atoms with Crippen molar-refractivity contribution in [1.82, 2.24) is 4.98 Å². The number of pyridine rings is 1. The lowest BCUT2D eigenvalue weighted by molar-refractivity contribution is 0.102. The van der Waals surface area contributed by atoms with Gasteiger partial charge in [-0.15, -0.1) is 0 Å². The number of para-hydroxylation sites is 2. The first kappa shape index (κ1) is 15.0. The molecule has 0 atom stereocenters. The maximum atomic E-state index is 12.4. The van der Waals surface area contributed by atoms with Crippen LogP contribution in [0.1, 0.15) is 35.6 Å². The smallest absolute Gasteiger partial charge is 0.257 e. The quantitative estimate of drug-likeness (QED) is 0.930. The van der Waals surface area contributed by atoms with E-state index in [0.717, 1.165) is 11.4 Å². The van der Waals surface area contributed by atoms with Gasteiger partial charge in [-0.1, -0.05) is 12.1 Å². The summed E-state index contributed by atoms with van der Waals surface area (Å²) in [5.41, 5.74) is 2.85. The molecular formula is C17H20N2O2. The maximum absolute atomic E-state index is 12.4. The zero-order chi connectivity index (χ0) is 15.4. The predicted molar refractivity (Wildman–Crippen MR) is 83.9 cm³/mol. The number of carbonyl (C=O) groups is 1. The van der Waals surface area contributed by atoms with Crippen molar-refractivity contribution in [1.29, 1.82) is 0 Å². The second kappa shape index (κ2) is 6.39. The van der Waals surface area contributed by atoms with Crippen LogP contribution in [0.2, 0.25) is 0 Å². The number of aryl methyl sites for hydroxylation is 2. The highest BCUT2D eigenvalue weighted by Gasteiger charge is 2.13.